The number of hydrogen-bond donors (Lipinski definition) is 1. The van der Waals surface area contributed by atoms with Gasteiger partial charge in [-0.1, -0.05) is 61.2 Å². The van der Waals surface area contributed by atoms with Gasteiger partial charge in [0.1, 0.15) is 5.58 Å². The third-order valence-electron chi connectivity index (χ3n) is 5.16. The molecule has 1 aliphatic carbocycles. The van der Waals surface area contributed by atoms with Crippen LogP contribution in [-0.2, 0) is 4.79 Å². The second-order valence-electron chi connectivity index (χ2n) is 7.29. The molecule has 3 aromatic rings. The highest BCUT2D eigenvalue weighted by Crippen LogP contribution is 2.31. The Balaban J connectivity index is 1.65. The van der Waals surface area contributed by atoms with E-state index in [4.69, 9.17) is 20.8 Å². The molecule has 1 heterocycles. The summed E-state index contributed by atoms with van der Waals surface area (Å²) in [6.45, 7) is -0.243. The van der Waals surface area contributed by atoms with Gasteiger partial charge in [-0.15, -0.1) is 0 Å². The zero-order valence-corrected chi connectivity index (χ0v) is 16.7. The van der Waals surface area contributed by atoms with Crippen LogP contribution >= 0.6 is 11.6 Å². The fraction of sp³-hybridized carbons (Fsp3) is 0.304. The highest BCUT2D eigenvalue weighted by molar-refractivity contribution is 6.31. The first-order chi connectivity index (χ1) is 14.1. The van der Waals surface area contributed by atoms with Crippen LogP contribution in [0.2, 0.25) is 5.02 Å². The molecule has 0 bridgehead atoms. The zero-order valence-electron chi connectivity index (χ0n) is 15.9. The fourth-order valence-corrected chi connectivity index (χ4v) is 3.89. The largest absolute Gasteiger partial charge is 0.476 e. The Morgan fingerprint density at radius 2 is 1.86 bits per heavy atom. The van der Waals surface area contributed by atoms with Crippen molar-refractivity contribution in [1.82, 2.24) is 5.32 Å². The second-order valence-corrected chi connectivity index (χ2v) is 7.72. The minimum Gasteiger partial charge on any atom is -0.476 e. The van der Waals surface area contributed by atoms with E-state index in [0.29, 0.717) is 27.3 Å². The Labute approximate surface area is 173 Å². The van der Waals surface area contributed by atoms with Gasteiger partial charge in [-0.05, 0) is 31.0 Å². The first kappa shape index (κ1) is 19.5. The lowest BCUT2D eigenvalue weighted by Crippen LogP contribution is -2.39. The molecule has 2 aromatic carbocycles. The molecule has 1 aliphatic rings. The van der Waals surface area contributed by atoms with Crippen LogP contribution in [-0.4, -0.2) is 18.6 Å². The van der Waals surface area contributed by atoms with E-state index in [2.05, 4.69) is 5.32 Å². The van der Waals surface area contributed by atoms with Gasteiger partial charge in [0.05, 0.1) is 5.39 Å². The van der Waals surface area contributed by atoms with E-state index in [-0.39, 0.29) is 29.7 Å². The van der Waals surface area contributed by atoms with Gasteiger partial charge in [-0.2, -0.15) is 0 Å². The molecule has 1 amide bonds. The molecule has 0 saturated heterocycles. The molecular weight excluding hydrogens is 390 g/mol. The number of ether oxygens (including phenoxy) is 1. The van der Waals surface area contributed by atoms with Gasteiger partial charge in [0, 0.05) is 16.6 Å². The average Bonchev–Trinajstić information content (AvgIpc) is 2.74. The summed E-state index contributed by atoms with van der Waals surface area (Å²) in [6.07, 6.45) is 5.43. The van der Waals surface area contributed by atoms with Crippen molar-refractivity contribution >= 4 is 28.5 Å². The van der Waals surface area contributed by atoms with Crippen molar-refractivity contribution in [1.29, 1.82) is 0 Å². The summed E-state index contributed by atoms with van der Waals surface area (Å²) in [4.78, 5) is 25.5. The predicted octanol–water partition coefficient (Wildman–Crippen LogP) is 4.94. The van der Waals surface area contributed by atoms with Crippen molar-refractivity contribution in [3.63, 3.8) is 0 Å². The SMILES string of the molecule is O=C(COc1c(-c2ccccc2)oc2ccc(Cl)cc2c1=O)NC1CCCCC1. The van der Waals surface area contributed by atoms with Crippen molar-refractivity contribution in [2.24, 2.45) is 0 Å². The van der Waals surface area contributed by atoms with Gasteiger partial charge in [-0.25, -0.2) is 0 Å². The van der Waals surface area contributed by atoms with Crippen LogP contribution in [0, 0.1) is 0 Å². The van der Waals surface area contributed by atoms with Crippen LogP contribution in [0.5, 0.6) is 5.75 Å². The molecule has 1 N–H and O–H groups in total. The van der Waals surface area contributed by atoms with E-state index in [1.165, 1.54) is 6.42 Å². The summed E-state index contributed by atoms with van der Waals surface area (Å²) < 4.78 is 11.7. The number of rotatable bonds is 5. The Hall–Kier alpha value is -2.79. The standard InChI is InChI=1S/C23H22ClNO4/c24-16-11-12-19-18(13-16)21(27)23(22(29-19)15-7-3-1-4-8-15)28-14-20(26)25-17-9-5-2-6-10-17/h1,3-4,7-8,11-13,17H,2,5-6,9-10,14H2,(H,25,26). The number of benzene rings is 2. The first-order valence-electron chi connectivity index (χ1n) is 9.86. The van der Waals surface area contributed by atoms with Gasteiger partial charge >= 0.3 is 0 Å². The summed E-state index contributed by atoms with van der Waals surface area (Å²) in [5.41, 5.74) is 0.763. The molecule has 0 unspecified atom stereocenters. The topological polar surface area (TPSA) is 68.5 Å². The molecule has 1 aromatic heterocycles. The summed E-state index contributed by atoms with van der Waals surface area (Å²) in [6, 6.07) is 14.3. The number of carbonyl (C=O) groups excluding carboxylic acids is 1. The van der Waals surface area contributed by atoms with Gasteiger partial charge in [0.15, 0.2) is 12.4 Å². The average molecular weight is 412 g/mol. The molecule has 1 fully saturated rings. The molecule has 0 spiro atoms. The zero-order chi connectivity index (χ0) is 20.2. The minimum absolute atomic E-state index is 0.0183. The number of amides is 1. The van der Waals surface area contributed by atoms with E-state index < -0.39 is 0 Å². The van der Waals surface area contributed by atoms with E-state index in [1.807, 2.05) is 30.3 Å². The van der Waals surface area contributed by atoms with Crippen LogP contribution in [0.4, 0.5) is 0 Å². The summed E-state index contributed by atoms with van der Waals surface area (Å²) in [7, 11) is 0. The lowest BCUT2D eigenvalue weighted by molar-refractivity contribution is -0.124. The van der Waals surface area contributed by atoms with Gasteiger partial charge in [-0.3, -0.25) is 9.59 Å². The van der Waals surface area contributed by atoms with Gasteiger partial charge in [0.2, 0.25) is 11.2 Å². The number of nitrogens with one attached hydrogen (secondary N) is 1. The Morgan fingerprint density at radius 1 is 1.10 bits per heavy atom. The molecule has 5 nitrogen and oxygen atoms in total. The van der Waals surface area contributed by atoms with Crippen LogP contribution < -0.4 is 15.5 Å². The Kier molecular flexibility index (Phi) is 5.86. The summed E-state index contributed by atoms with van der Waals surface area (Å²) in [5.74, 6) is 0.0853. The van der Waals surface area contributed by atoms with Crippen molar-refractivity contribution in [2.75, 3.05) is 6.61 Å². The molecule has 6 heteroatoms. The maximum Gasteiger partial charge on any atom is 0.258 e. The highest BCUT2D eigenvalue weighted by atomic mass is 35.5. The molecule has 0 radical (unpaired) electrons. The van der Waals surface area contributed by atoms with Gasteiger partial charge in [0.25, 0.3) is 5.91 Å². The fourth-order valence-electron chi connectivity index (χ4n) is 3.72. The van der Waals surface area contributed by atoms with Crippen LogP contribution in [0.25, 0.3) is 22.3 Å². The number of fused-ring (bicyclic) bond motifs is 1. The number of halogens is 1. The number of hydrogen-bond acceptors (Lipinski definition) is 4. The molecule has 4 rings (SSSR count). The summed E-state index contributed by atoms with van der Waals surface area (Å²) >= 11 is 6.05. The molecule has 1 saturated carbocycles. The van der Waals surface area contributed by atoms with Crippen LogP contribution in [0.15, 0.2) is 57.7 Å². The van der Waals surface area contributed by atoms with Crippen LogP contribution in [0.1, 0.15) is 32.1 Å². The maximum atomic E-state index is 13.1. The third kappa shape index (κ3) is 4.46. The smallest absolute Gasteiger partial charge is 0.258 e. The van der Waals surface area contributed by atoms with Crippen LogP contribution in [0.3, 0.4) is 0 Å². The monoisotopic (exact) mass is 411 g/mol. The lowest BCUT2D eigenvalue weighted by atomic mass is 9.95. The predicted molar refractivity (Wildman–Crippen MR) is 113 cm³/mol. The van der Waals surface area contributed by atoms with E-state index in [0.717, 1.165) is 25.7 Å². The van der Waals surface area contributed by atoms with E-state index in [9.17, 15) is 9.59 Å². The third-order valence-corrected chi connectivity index (χ3v) is 5.40. The summed E-state index contributed by atoms with van der Waals surface area (Å²) in [5, 5.41) is 3.74. The van der Waals surface area contributed by atoms with Crippen molar-refractivity contribution < 1.29 is 13.9 Å². The molecule has 0 aliphatic heterocycles. The highest BCUT2D eigenvalue weighted by Gasteiger charge is 2.20. The molecule has 150 valence electrons. The number of carbonyl (C=O) groups is 1. The molecular formula is C23H22ClNO4. The van der Waals surface area contributed by atoms with Crippen molar-refractivity contribution in [2.45, 2.75) is 38.1 Å². The Morgan fingerprint density at radius 3 is 2.62 bits per heavy atom. The Bertz CT molecular complexity index is 1070. The lowest BCUT2D eigenvalue weighted by Gasteiger charge is -2.22. The van der Waals surface area contributed by atoms with E-state index in [1.54, 1.807) is 18.2 Å². The first-order valence-corrected chi connectivity index (χ1v) is 10.2. The normalized spacial score (nSPS) is 14.7. The maximum absolute atomic E-state index is 13.1. The molecule has 0 atom stereocenters. The minimum atomic E-state index is -0.349. The van der Waals surface area contributed by atoms with Crippen molar-refractivity contribution in [3.8, 4) is 17.1 Å². The van der Waals surface area contributed by atoms with Gasteiger partial charge < -0.3 is 14.5 Å². The van der Waals surface area contributed by atoms with E-state index >= 15 is 0 Å². The van der Waals surface area contributed by atoms with Crippen molar-refractivity contribution in [3.05, 3.63) is 63.8 Å². The quantitative estimate of drug-likeness (QED) is 0.645. The second kappa shape index (κ2) is 8.70. The molecule has 29 heavy (non-hydrogen) atoms.